The van der Waals surface area contributed by atoms with E-state index >= 15 is 0 Å². The van der Waals surface area contributed by atoms with Crippen molar-refractivity contribution in [1.82, 2.24) is 19.7 Å². The van der Waals surface area contributed by atoms with Crippen LogP contribution >= 0.6 is 13.5 Å². The van der Waals surface area contributed by atoms with E-state index in [1.807, 2.05) is 6.20 Å². The van der Waals surface area contributed by atoms with Crippen LogP contribution in [0.15, 0.2) is 42.9 Å². The number of para-hydroxylation sites is 1. The van der Waals surface area contributed by atoms with Gasteiger partial charge in [0.25, 0.3) is 5.69 Å². The Bertz CT molecular complexity index is 1200. The molecule has 1 aromatic carbocycles. The van der Waals surface area contributed by atoms with Crippen molar-refractivity contribution in [3.63, 3.8) is 0 Å². The summed E-state index contributed by atoms with van der Waals surface area (Å²) in [6, 6.07) is 6.50. The molecule has 0 saturated carbocycles. The van der Waals surface area contributed by atoms with Gasteiger partial charge in [-0.2, -0.15) is 23.6 Å². The zero-order chi connectivity index (χ0) is 22.2. The second kappa shape index (κ2) is 9.06. The van der Waals surface area contributed by atoms with Crippen LogP contribution in [0.2, 0.25) is 0 Å². The number of anilines is 3. The standard InChI is InChI=1S/C21H22N8O3.H2S/c1-26-18-11-23-21(25-19(18)28-8-4-7-17(28)20(26)30)22-9-14-10-24-27(12-14)13-15-5-2-3-6-16(15)29(31)32;/h2-3,5-6,10-12,17H,4,7-9,13H2,1H3,(H,22,23,25);1H2/t17-;/m0./s1. The first-order valence-electron chi connectivity index (χ1n) is 10.4. The molecular formula is C21H24N8O3S. The molecule has 0 radical (unpaired) electrons. The number of likely N-dealkylation sites (N-methyl/N-ethyl adjacent to an activating group) is 1. The van der Waals surface area contributed by atoms with Gasteiger partial charge in [0.05, 0.1) is 29.4 Å². The molecule has 1 fully saturated rings. The number of nitrogens with one attached hydrogen (secondary N) is 1. The van der Waals surface area contributed by atoms with Gasteiger partial charge in [-0.15, -0.1) is 0 Å². The van der Waals surface area contributed by atoms with Crippen molar-refractivity contribution in [1.29, 1.82) is 0 Å². The van der Waals surface area contributed by atoms with Gasteiger partial charge >= 0.3 is 0 Å². The molecule has 1 atom stereocenters. The Balaban J connectivity index is 0.00000259. The van der Waals surface area contributed by atoms with Crippen molar-refractivity contribution in [2.45, 2.75) is 32.0 Å². The zero-order valence-electron chi connectivity index (χ0n) is 18.0. The minimum Gasteiger partial charge on any atom is -0.350 e. The summed E-state index contributed by atoms with van der Waals surface area (Å²) in [5.41, 5.74) is 2.29. The number of rotatable bonds is 6. The first-order chi connectivity index (χ1) is 15.5. The third kappa shape index (κ3) is 4.21. The fourth-order valence-electron chi connectivity index (χ4n) is 4.28. The normalized spacial score (nSPS) is 16.8. The van der Waals surface area contributed by atoms with E-state index in [1.54, 1.807) is 47.2 Å². The number of nitro groups is 1. The van der Waals surface area contributed by atoms with E-state index in [0.29, 0.717) is 24.6 Å². The molecule has 3 aromatic rings. The molecule has 1 N–H and O–H groups in total. The third-order valence-corrected chi connectivity index (χ3v) is 5.91. The first kappa shape index (κ1) is 22.5. The van der Waals surface area contributed by atoms with Crippen LogP contribution in [-0.2, 0) is 17.9 Å². The molecule has 1 saturated heterocycles. The summed E-state index contributed by atoms with van der Waals surface area (Å²) >= 11 is 0. The smallest absolute Gasteiger partial charge is 0.274 e. The average molecular weight is 469 g/mol. The monoisotopic (exact) mass is 468 g/mol. The minimum absolute atomic E-state index is 0. The largest absolute Gasteiger partial charge is 0.350 e. The highest BCUT2D eigenvalue weighted by molar-refractivity contribution is 7.59. The van der Waals surface area contributed by atoms with E-state index in [0.717, 1.165) is 36.5 Å². The number of nitrogens with zero attached hydrogens (tertiary/aromatic N) is 7. The minimum atomic E-state index is -0.384. The predicted octanol–water partition coefficient (Wildman–Crippen LogP) is 2.30. The number of carbonyl (C=O) groups is 1. The Hall–Kier alpha value is -3.67. The summed E-state index contributed by atoms with van der Waals surface area (Å²) in [5, 5.41) is 18.7. The van der Waals surface area contributed by atoms with Crippen molar-refractivity contribution in [3.05, 3.63) is 64.1 Å². The number of aromatic nitrogens is 4. The fourth-order valence-corrected chi connectivity index (χ4v) is 4.28. The van der Waals surface area contributed by atoms with Crippen LogP contribution in [0.3, 0.4) is 0 Å². The van der Waals surface area contributed by atoms with Gasteiger partial charge in [0, 0.05) is 38.0 Å². The lowest BCUT2D eigenvalue weighted by molar-refractivity contribution is -0.385. The number of amides is 1. The summed E-state index contributed by atoms with van der Waals surface area (Å²) in [7, 11) is 1.76. The lowest BCUT2D eigenvalue weighted by Crippen LogP contribution is -2.49. The SMILES string of the molecule is CN1C(=O)[C@@H]2CCCN2c2nc(NCc3cnn(Cc4ccccc4[N+](=O)[O-])c3)ncc21.S. The van der Waals surface area contributed by atoms with Crippen LogP contribution in [0.1, 0.15) is 24.0 Å². The predicted molar refractivity (Wildman–Crippen MR) is 128 cm³/mol. The number of nitro benzene ring substituents is 1. The summed E-state index contributed by atoms with van der Waals surface area (Å²) in [5.74, 6) is 1.34. The fraction of sp³-hybridized carbons (Fsp3) is 0.333. The van der Waals surface area contributed by atoms with Gasteiger partial charge in [0.1, 0.15) is 11.7 Å². The summed E-state index contributed by atoms with van der Waals surface area (Å²) in [6.45, 7) is 1.57. The van der Waals surface area contributed by atoms with Crippen LogP contribution in [0, 0.1) is 10.1 Å². The van der Waals surface area contributed by atoms with Crippen molar-refractivity contribution in [2.75, 3.05) is 28.7 Å². The molecule has 5 rings (SSSR count). The number of hydrogen-bond acceptors (Lipinski definition) is 8. The van der Waals surface area contributed by atoms with Crippen molar-refractivity contribution < 1.29 is 9.72 Å². The van der Waals surface area contributed by atoms with E-state index in [4.69, 9.17) is 0 Å². The van der Waals surface area contributed by atoms with Gasteiger partial charge < -0.3 is 15.1 Å². The Labute approximate surface area is 197 Å². The lowest BCUT2D eigenvalue weighted by Gasteiger charge is -2.36. The van der Waals surface area contributed by atoms with Crippen molar-refractivity contribution >= 4 is 42.5 Å². The molecular weight excluding hydrogens is 444 g/mol. The molecule has 33 heavy (non-hydrogen) atoms. The molecule has 2 aliphatic rings. The van der Waals surface area contributed by atoms with Crippen LogP contribution in [-0.4, -0.2) is 50.2 Å². The van der Waals surface area contributed by atoms with Gasteiger partial charge in [-0.05, 0) is 12.8 Å². The molecule has 0 unspecified atom stereocenters. The summed E-state index contributed by atoms with van der Waals surface area (Å²) in [6.07, 6.45) is 7.03. The van der Waals surface area contributed by atoms with Crippen molar-refractivity contribution in [3.8, 4) is 0 Å². The van der Waals surface area contributed by atoms with Gasteiger partial charge in [0.15, 0.2) is 5.82 Å². The maximum absolute atomic E-state index is 12.5. The Morgan fingerprint density at radius 3 is 2.91 bits per heavy atom. The van der Waals surface area contributed by atoms with Gasteiger partial charge in [-0.25, -0.2) is 4.98 Å². The van der Waals surface area contributed by atoms with Crippen LogP contribution < -0.4 is 15.1 Å². The molecule has 4 heterocycles. The quantitative estimate of drug-likeness (QED) is 0.432. The lowest BCUT2D eigenvalue weighted by atomic mass is 10.1. The van der Waals surface area contributed by atoms with Crippen LogP contribution in [0.4, 0.5) is 23.1 Å². The molecule has 172 valence electrons. The van der Waals surface area contributed by atoms with E-state index in [1.165, 1.54) is 6.07 Å². The highest BCUT2D eigenvalue weighted by Gasteiger charge is 2.40. The summed E-state index contributed by atoms with van der Waals surface area (Å²) < 4.78 is 1.67. The molecule has 0 bridgehead atoms. The molecule has 2 aromatic heterocycles. The van der Waals surface area contributed by atoms with E-state index in [-0.39, 0.29) is 36.1 Å². The van der Waals surface area contributed by atoms with Crippen molar-refractivity contribution in [2.24, 2.45) is 0 Å². The molecule has 11 nitrogen and oxygen atoms in total. The molecule has 1 amide bonds. The second-order valence-corrected chi connectivity index (χ2v) is 7.94. The van der Waals surface area contributed by atoms with Crippen LogP contribution in [0.25, 0.3) is 0 Å². The first-order valence-corrected chi connectivity index (χ1v) is 10.4. The maximum Gasteiger partial charge on any atom is 0.274 e. The Kier molecular flexibility index (Phi) is 6.18. The van der Waals surface area contributed by atoms with Gasteiger partial charge in [-0.3, -0.25) is 19.6 Å². The molecule has 2 aliphatic heterocycles. The molecule has 0 spiro atoms. The molecule has 12 heteroatoms. The van der Waals surface area contributed by atoms with E-state index in [9.17, 15) is 14.9 Å². The Morgan fingerprint density at radius 2 is 2.09 bits per heavy atom. The molecule has 0 aliphatic carbocycles. The Morgan fingerprint density at radius 1 is 1.27 bits per heavy atom. The highest BCUT2D eigenvalue weighted by atomic mass is 32.1. The average Bonchev–Trinajstić information content (AvgIpc) is 3.46. The van der Waals surface area contributed by atoms with Crippen LogP contribution in [0.5, 0.6) is 0 Å². The van der Waals surface area contributed by atoms with Gasteiger partial charge in [0.2, 0.25) is 11.9 Å². The number of benzene rings is 1. The highest BCUT2D eigenvalue weighted by Crippen LogP contribution is 2.37. The number of carbonyl (C=O) groups excluding carboxylic acids is 1. The number of fused-ring (bicyclic) bond motifs is 3. The second-order valence-electron chi connectivity index (χ2n) is 7.94. The van der Waals surface area contributed by atoms with Gasteiger partial charge in [-0.1, -0.05) is 18.2 Å². The third-order valence-electron chi connectivity index (χ3n) is 5.91. The number of hydrogen-bond donors (Lipinski definition) is 1. The topological polar surface area (TPSA) is 122 Å². The maximum atomic E-state index is 12.5. The van der Waals surface area contributed by atoms with E-state index in [2.05, 4.69) is 25.3 Å². The van der Waals surface area contributed by atoms with E-state index < -0.39 is 0 Å². The summed E-state index contributed by atoms with van der Waals surface area (Å²) in [4.78, 5) is 36.1. The zero-order valence-corrected chi connectivity index (χ0v) is 19.0.